The maximum atomic E-state index is 12.2. The van der Waals surface area contributed by atoms with Crippen LogP contribution in [0.1, 0.15) is 33.2 Å². The number of amides is 1. The first-order valence-electron chi connectivity index (χ1n) is 7.91. The summed E-state index contributed by atoms with van der Waals surface area (Å²) in [5, 5.41) is 6.73. The van der Waals surface area contributed by atoms with Crippen molar-refractivity contribution < 1.29 is 9.32 Å². The monoisotopic (exact) mass is 321 g/mol. The molecular weight excluding hydrogens is 302 g/mol. The predicted octanol–water partition coefficient (Wildman–Crippen LogP) is 3.09. The molecule has 0 saturated carbocycles. The zero-order chi connectivity index (χ0) is 16.8. The maximum absolute atomic E-state index is 12.2. The van der Waals surface area contributed by atoms with E-state index in [0.29, 0.717) is 23.7 Å². The molecule has 0 spiro atoms. The van der Waals surface area contributed by atoms with Gasteiger partial charge in [-0.3, -0.25) is 4.79 Å². The molecule has 0 fully saturated rings. The molecule has 24 heavy (non-hydrogen) atoms. The third kappa shape index (κ3) is 4.07. The fraction of sp³-hybridized carbons (Fsp3) is 0.211. The molecule has 3 rings (SSSR count). The van der Waals surface area contributed by atoms with Crippen molar-refractivity contribution in [1.82, 2.24) is 15.5 Å². The third-order valence-electron chi connectivity index (χ3n) is 3.78. The summed E-state index contributed by atoms with van der Waals surface area (Å²) in [4.78, 5) is 16.5. The van der Waals surface area contributed by atoms with Crippen LogP contribution >= 0.6 is 0 Å². The van der Waals surface area contributed by atoms with E-state index in [0.717, 1.165) is 12.0 Å². The molecule has 0 aliphatic heterocycles. The van der Waals surface area contributed by atoms with Gasteiger partial charge in [-0.2, -0.15) is 4.98 Å². The van der Waals surface area contributed by atoms with Crippen molar-refractivity contribution in [2.24, 2.45) is 0 Å². The molecule has 3 aromatic rings. The molecule has 122 valence electrons. The summed E-state index contributed by atoms with van der Waals surface area (Å²) in [6.45, 7) is 2.16. The Bertz CT molecular complexity index is 812. The summed E-state index contributed by atoms with van der Waals surface area (Å²) in [6, 6.07) is 17.6. The van der Waals surface area contributed by atoms with E-state index >= 15 is 0 Å². The second-order valence-corrected chi connectivity index (χ2v) is 5.59. The number of benzene rings is 2. The number of hydrogen-bond acceptors (Lipinski definition) is 4. The first-order valence-corrected chi connectivity index (χ1v) is 7.91. The van der Waals surface area contributed by atoms with Crippen LogP contribution in [-0.2, 0) is 19.4 Å². The maximum Gasteiger partial charge on any atom is 0.251 e. The number of nitrogens with zero attached hydrogens (tertiary/aromatic N) is 2. The fourth-order valence-electron chi connectivity index (χ4n) is 2.44. The van der Waals surface area contributed by atoms with Crippen molar-refractivity contribution in [3.05, 3.63) is 83.0 Å². The highest BCUT2D eigenvalue weighted by atomic mass is 16.5. The molecule has 5 heteroatoms. The lowest BCUT2D eigenvalue weighted by Crippen LogP contribution is -2.24. The van der Waals surface area contributed by atoms with E-state index in [4.69, 9.17) is 4.52 Å². The van der Waals surface area contributed by atoms with E-state index < -0.39 is 0 Å². The van der Waals surface area contributed by atoms with Gasteiger partial charge in [-0.25, -0.2) is 0 Å². The summed E-state index contributed by atoms with van der Waals surface area (Å²) < 4.78 is 5.24. The number of carbonyl (C=O) groups is 1. The molecule has 0 radical (unpaired) electrons. The summed E-state index contributed by atoms with van der Waals surface area (Å²) in [7, 11) is 0. The molecule has 0 saturated heterocycles. The smallest absolute Gasteiger partial charge is 0.251 e. The average Bonchev–Trinajstić information content (AvgIpc) is 3.07. The Balaban J connectivity index is 1.53. The van der Waals surface area contributed by atoms with E-state index in [9.17, 15) is 4.79 Å². The summed E-state index contributed by atoms with van der Waals surface area (Å²) >= 11 is 0. The van der Waals surface area contributed by atoms with Crippen LogP contribution in [0, 0.1) is 6.92 Å². The highest BCUT2D eigenvalue weighted by molar-refractivity contribution is 5.95. The largest absolute Gasteiger partial charge is 0.345 e. The molecule has 1 aromatic heterocycles. The molecule has 0 atom stereocenters. The Morgan fingerprint density at radius 1 is 1.04 bits per heavy atom. The van der Waals surface area contributed by atoms with Crippen molar-refractivity contribution >= 4 is 5.91 Å². The van der Waals surface area contributed by atoms with E-state index in [2.05, 4.69) is 27.6 Å². The van der Waals surface area contributed by atoms with Crippen molar-refractivity contribution in [3.63, 3.8) is 0 Å². The fourth-order valence-corrected chi connectivity index (χ4v) is 2.44. The quantitative estimate of drug-likeness (QED) is 0.757. The van der Waals surface area contributed by atoms with Crippen molar-refractivity contribution in [3.8, 4) is 0 Å². The van der Waals surface area contributed by atoms with E-state index in [-0.39, 0.29) is 12.5 Å². The van der Waals surface area contributed by atoms with Crippen LogP contribution in [0.4, 0.5) is 0 Å². The molecule has 1 N–H and O–H groups in total. The van der Waals surface area contributed by atoms with Crippen LogP contribution in [0.5, 0.6) is 0 Å². The van der Waals surface area contributed by atoms with Gasteiger partial charge in [0.1, 0.15) is 0 Å². The standard InChI is InChI=1S/C19H19N3O2/c1-14-7-5-6-10-16(14)19(23)20-13-17-21-18(24-22-17)12-11-15-8-3-2-4-9-15/h2-10H,11-13H2,1H3,(H,20,23). The van der Waals surface area contributed by atoms with Gasteiger partial charge < -0.3 is 9.84 Å². The SMILES string of the molecule is Cc1ccccc1C(=O)NCc1noc(CCc2ccccc2)n1. The molecule has 0 unspecified atom stereocenters. The van der Waals surface area contributed by atoms with Crippen LogP contribution in [0.3, 0.4) is 0 Å². The highest BCUT2D eigenvalue weighted by Crippen LogP contribution is 2.08. The predicted molar refractivity (Wildman–Crippen MR) is 90.5 cm³/mol. The van der Waals surface area contributed by atoms with E-state index in [1.807, 2.05) is 43.3 Å². The Kier molecular flexibility index (Phi) is 5.01. The zero-order valence-corrected chi connectivity index (χ0v) is 13.5. The van der Waals surface area contributed by atoms with Gasteiger partial charge in [0.2, 0.25) is 5.89 Å². The number of rotatable bonds is 6. The second kappa shape index (κ2) is 7.55. The van der Waals surface area contributed by atoms with Gasteiger partial charge in [0, 0.05) is 12.0 Å². The summed E-state index contributed by atoms with van der Waals surface area (Å²) in [5.74, 6) is 0.933. The van der Waals surface area contributed by atoms with Crippen molar-refractivity contribution in [1.29, 1.82) is 0 Å². The van der Waals surface area contributed by atoms with Crippen molar-refractivity contribution in [2.75, 3.05) is 0 Å². The molecule has 1 amide bonds. The van der Waals surface area contributed by atoms with Gasteiger partial charge in [-0.15, -0.1) is 0 Å². The summed E-state index contributed by atoms with van der Waals surface area (Å²) in [6.07, 6.45) is 1.53. The number of hydrogen-bond donors (Lipinski definition) is 1. The van der Waals surface area contributed by atoms with Crippen LogP contribution < -0.4 is 5.32 Å². The number of aromatic nitrogens is 2. The minimum absolute atomic E-state index is 0.135. The van der Waals surface area contributed by atoms with Gasteiger partial charge in [0.15, 0.2) is 5.82 Å². The van der Waals surface area contributed by atoms with Gasteiger partial charge in [0.25, 0.3) is 5.91 Å². The lowest BCUT2D eigenvalue weighted by Gasteiger charge is -2.05. The minimum atomic E-state index is -0.135. The van der Waals surface area contributed by atoms with Gasteiger partial charge in [0.05, 0.1) is 6.54 Å². The first kappa shape index (κ1) is 15.9. The number of carbonyl (C=O) groups excluding carboxylic acids is 1. The molecule has 2 aromatic carbocycles. The molecule has 5 nitrogen and oxygen atoms in total. The number of aryl methyl sites for hydroxylation is 3. The summed E-state index contributed by atoms with van der Waals surface area (Å²) in [5.41, 5.74) is 2.82. The highest BCUT2D eigenvalue weighted by Gasteiger charge is 2.11. The number of nitrogens with one attached hydrogen (secondary N) is 1. The topological polar surface area (TPSA) is 68.0 Å². The second-order valence-electron chi connectivity index (χ2n) is 5.59. The molecule has 1 heterocycles. The van der Waals surface area contributed by atoms with Crippen molar-refractivity contribution in [2.45, 2.75) is 26.3 Å². The Hall–Kier alpha value is -2.95. The molecule has 0 bridgehead atoms. The van der Waals surface area contributed by atoms with Crippen LogP contribution in [0.15, 0.2) is 59.1 Å². The normalized spacial score (nSPS) is 10.5. The van der Waals surface area contributed by atoms with E-state index in [1.165, 1.54) is 5.56 Å². The first-order chi connectivity index (χ1) is 11.7. The average molecular weight is 321 g/mol. The van der Waals surface area contributed by atoms with Crippen LogP contribution in [0.2, 0.25) is 0 Å². The van der Waals surface area contributed by atoms with Gasteiger partial charge >= 0.3 is 0 Å². The minimum Gasteiger partial charge on any atom is -0.345 e. The van der Waals surface area contributed by atoms with Gasteiger partial charge in [-0.1, -0.05) is 53.7 Å². The molecular formula is C19H19N3O2. The van der Waals surface area contributed by atoms with Crippen LogP contribution in [-0.4, -0.2) is 16.0 Å². The lowest BCUT2D eigenvalue weighted by molar-refractivity contribution is 0.0949. The Labute approximate surface area is 140 Å². The third-order valence-corrected chi connectivity index (χ3v) is 3.78. The zero-order valence-electron chi connectivity index (χ0n) is 13.5. The van der Waals surface area contributed by atoms with Gasteiger partial charge in [-0.05, 0) is 30.5 Å². The Morgan fingerprint density at radius 2 is 1.79 bits per heavy atom. The van der Waals surface area contributed by atoms with Crippen LogP contribution in [0.25, 0.3) is 0 Å². The Morgan fingerprint density at radius 3 is 2.58 bits per heavy atom. The van der Waals surface area contributed by atoms with E-state index in [1.54, 1.807) is 6.07 Å². The lowest BCUT2D eigenvalue weighted by atomic mass is 10.1. The molecule has 0 aliphatic carbocycles. The molecule has 0 aliphatic rings.